The van der Waals surface area contributed by atoms with Gasteiger partial charge in [-0.2, -0.15) is 0 Å². The second kappa shape index (κ2) is 7.34. The minimum atomic E-state index is -0.344. The Morgan fingerprint density at radius 3 is 2.72 bits per heavy atom. The van der Waals surface area contributed by atoms with Gasteiger partial charge < -0.3 is 15.2 Å². The van der Waals surface area contributed by atoms with Crippen molar-refractivity contribution in [3.8, 4) is 5.75 Å². The van der Waals surface area contributed by atoms with E-state index >= 15 is 0 Å². The fourth-order valence-corrected chi connectivity index (χ4v) is 1.69. The summed E-state index contributed by atoms with van der Waals surface area (Å²) in [5.41, 5.74) is 0.908. The van der Waals surface area contributed by atoms with Crippen molar-refractivity contribution in [2.75, 3.05) is 13.2 Å². The molecule has 102 valence electrons. The molecule has 0 fully saturated rings. The van der Waals surface area contributed by atoms with E-state index in [2.05, 4.69) is 12.2 Å². The fraction of sp³-hybridized carbons (Fsp3) is 0.571. The molecule has 1 aromatic rings. The lowest BCUT2D eigenvalue weighted by atomic mass is 10.1. The maximum absolute atomic E-state index is 13.3. The van der Waals surface area contributed by atoms with E-state index in [9.17, 15) is 4.39 Å². The van der Waals surface area contributed by atoms with Crippen LogP contribution in [-0.2, 0) is 0 Å². The maximum atomic E-state index is 13.3. The average Bonchev–Trinajstić information content (AvgIpc) is 2.36. The lowest BCUT2D eigenvalue weighted by Gasteiger charge is -2.20. The second-order valence-electron chi connectivity index (χ2n) is 4.47. The molecular weight excluding hydrogens is 233 g/mol. The van der Waals surface area contributed by atoms with Crippen LogP contribution in [0, 0.1) is 5.82 Å². The molecular formula is C14H22FNO2. The number of halogens is 1. The van der Waals surface area contributed by atoms with Gasteiger partial charge in [0.05, 0.1) is 6.61 Å². The first-order valence-electron chi connectivity index (χ1n) is 6.38. The molecule has 0 saturated carbocycles. The summed E-state index contributed by atoms with van der Waals surface area (Å²) >= 11 is 0. The van der Waals surface area contributed by atoms with Crippen molar-refractivity contribution in [3.63, 3.8) is 0 Å². The highest BCUT2D eigenvalue weighted by molar-refractivity contribution is 5.36. The zero-order valence-electron chi connectivity index (χ0n) is 11.2. The van der Waals surface area contributed by atoms with Crippen LogP contribution in [0.5, 0.6) is 5.75 Å². The molecule has 0 saturated heterocycles. The molecule has 2 atom stereocenters. The average molecular weight is 255 g/mol. The second-order valence-corrected chi connectivity index (χ2v) is 4.47. The summed E-state index contributed by atoms with van der Waals surface area (Å²) in [5, 5.41) is 12.3. The maximum Gasteiger partial charge on any atom is 0.127 e. The largest absolute Gasteiger partial charge is 0.488 e. The topological polar surface area (TPSA) is 41.5 Å². The summed E-state index contributed by atoms with van der Waals surface area (Å²) in [5.74, 6) is 0.161. The molecule has 18 heavy (non-hydrogen) atoms. The van der Waals surface area contributed by atoms with E-state index in [0.717, 1.165) is 18.5 Å². The van der Waals surface area contributed by atoms with Crippen LogP contribution in [0.4, 0.5) is 4.39 Å². The Bertz CT molecular complexity index is 371. The van der Waals surface area contributed by atoms with E-state index < -0.39 is 0 Å². The Hall–Kier alpha value is -1.13. The smallest absolute Gasteiger partial charge is 0.127 e. The lowest BCUT2D eigenvalue weighted by molar-refractivity contribution is 0.128. The standard InChI is InChI=1S/C14H22FNO2/c1-4-7-16-11(3)13-6-5-12(15)8-14(13)18-10(2)9-17/h5-6,8,10-11,16-17H,4,7,9H2,1-3H3. The predicted molar refractivity (Wildman–Crippen MR) is 70.3 cm³/mol. The third-order valence-electron chi connectivity index (χ3n) is 2.73. The normalized spacial score (nSPS) is 14.3. The first-order valence-corrected chi connectivity index (χ1v) is 6.38. The van der Waals surface area contributed by atoms with Crippen molar-refractivity contribution in [3.05, 3.63) is 29.6 Å². The highest BCUT2D eigenvalue weighted by atomic mass is 19.1. The van der Waals surface area contributed by atoms with Crippen molar-refractivity contribution in [1.29, 1.82) is 0 Å². The molecule has 0 aliphatic carbocycles. The molecule has 1 aromatic carbocycles. The summed E-state index contributed by atoms with van der Waals surface area (Å²) in [7, 11) is 0. The molecule has 0 heterocycles. The fourth-order valence-electron chi connectivity index (χ4n) is 1.69. The summed E-state index contributed by atoms with van der Waals surface area (Å²) < 4.78 is 18.8. The van der Waals surface area contributed by atoms with Crippen LogP contribution in [0.15, 0.2) is 18.2 Å². The lowest BCUT2D eigenvalue weighted by Crippen LogP contribution is -2.22. The van der Waals surface area contributed by atoms with Crippen molar-refractivity contribution in [2.24, 2.45) is 0 Å². The highest BCUT2D eigenvalue weighted by Crippen LogP contribution is 2.27. The molecule has 0 aliphatic heterocycles. The third-order valence-corrected chi connectivity index (χ3v) is 2.73. The van der Waals surface area contributed by atoms with Crippen LogP contribution < -0.4 is 10.1 Å². The molecule has 4 heteroatoms. The molecule has 0 amide bonds. The third kappa shape index (κ3) is 4.27. The quantitative estimate of drug-likeness (QED) is 0.787. The number of aliphatic hydroxyl groups is 1. The monoisotopic (exact) mass is 255 g/mol. The number of hydrogen-bond donors (Lipinski definition) is 2. The van der Waals surface area contributed by atoms with Gasteiger partial charge in [-0.05, 0) is 32.9 Å². The van der Waals surface area contributed by atoms with Crippen LogP contribution >= 0.6 is 0 Å². The molecule has 0 spiro atoms. The molecule has 2 N–H and O–H groups in total. The first kappa shape index (κ1) is 14.9. The zero-order valence-corrected chi connectivity index (χ0v) is 11.2. The minimum Gasteiger partial charge on any atom is -0.488 e. The van der Waals surface area contributed by atoms with Gasteiger partial charge in [0.1, 0.15) is 17.7 Å². The summed E-state index contributed by atoms with van der Waals surface area (Å²) in [6.07, 6.45) is 0.693. The van der Waals surface area contributed by atoms with Gasteiger partial charge in [0.15, 0.2) is 0 Å². The Morgan fingerprint density at radius 1 is 1.39 bits per heavy atom. The van der Waals surface area contributed by atoms with Gasteiger partial charge in [0, 0.05) is 17.7 Å². The van der Waals surface area contributed by atoms with E-state index in [-0.39, 0.29) is 24.6 Å². The molecule has 0 radical (unpaired) electrons. The van der Waals surface area contributed by atoms with Crippen LogP contribution in [0.3, 0.4) is 0 Å². The van der Waals surface area contributed by atoms with Crippen molar-refractivity contribution in [1.82, 2.24) is 5.32 Å². The highest BCUT2D eigenvalue weighted by Gasteiger charge is 2.14. The summed E-state index contributed by atoms with van der Waals surface area (Å²) in [6, 6.07) is 4.61. The molecule has 0 bridgehead atoms. The number of hydrogen-bond acceptors (Lipinski definition) is 3. The van der Waals surface area contributed by atoms with E-state index in [0.29, 0.717) is 5.75 Å². The van der Waals surface area contributed by atoms with Gasteiger partial charge in [0.25, 0.3) is 0 Å². The minimum absolute atomic E-state index is 0.0893. The van der Waals surface area contributed by atoms with Gasteiger partial charge in [0.2, 0.25) is 0 Å². The first-order chi connectivity index (χ1) is 8.58. The van der Waals surface area contributed by atoms with Crippen LogP contribution in [-0.4, -0.2) is 24.4 Å². The van der Waals surface area contributed by atoms with Gasteiger partial charge in [-0.3, -0.25) is 0 Å². The molecule has 2 unspecified atom stereocenters. The molecule has 1 rings (SSSR count). The molecule has 0 aromatic heterocycles. The Kier molecular flexibility index (Phi) is 6.09. The van der Waals surface area contributed by atoms with Crippen LogP contribution in [0.1, 0.15) is 38.8 Å². The number of benzene rings is 1. The summed E-state index contributed by atoms with van der Waals surface area (Å²) in [4.78, 5) is 0. The van der Waals surface area contributed by atoms with Crippen LogP contribution in [0.25, 0.3) is 0 Å². The number of ether oxygens (including phenoxy) is 1. The molecule has 0 aliphatic rings. The van der Waals surface area contributed by atoms with Crippen molar-refractivity contribution in [2.45, 2.75) is 39.3 Å². The van der Waals surface area contributed by atoms with E-state index in [4.69, 9.17) is 9.84 Å². The van der Waals surface area contributed by atoms with E-state index in [1.54, 1.807) is 13.0 Å². The van der Waals surface area contributed by atoms with Gasteiger partial charge in [-0.15, -0.1) is 0 Å². The summed E-state index contributed by atoms with van der Waals surface area (Å²) in [6.45, 7) is 6.66. The number of aliphatic hydroxyl groups excluding tert-OH is 1. The van der Waals surface area contributed by atoms with Crippen molar-refractivity contribution < 1.29 is 14.2 Å². The SMILES string of the molecule is CCCNC(C)c1ccc(F)cc1OC(C)CO. The van der Waals surface area contributed by atoms with E-state index in [1.165, 1.54) is 12.1 Å². The Morgan fingerprint density at radius 2 is 2.11 bits per heavy atom. The van der Waals surface area contributed by atoms with Gasteiger partial charge in [-0.1, -0.05) is 13.0 Å². The number of rotatable bonds is 7. The van der Waals surface area contributed by atoms with E-state index in [1.807, 2.05) is 6.92 Å². The zero-order chi connectivity index (χ0) is 13.5. The Balaban J connectivity index is 2.88. The predicted octanol–water partition coefficient (Wildman–Crippen LogP) is 2.65. The van der Waals surface area contributed by atoms with Crippen molar-refractivity contribution >= 4 is 0 Å². The number of nitrogens with one attached hydrogen (secondary N) is 1. The van der Waals surface area contributed by atoms with Gasteiger partial charge >= 0.3 is 0 Å². The molecule has 3 nitrogen and oxygen atoms in total. The van der Waals surface area contributed by atoms with Gasteiger partial charge in [-0.25, -0.2) is 4.39 Å². The van der Waals surface area contributed by atoms with Crippen LogP contribution in [0.2, 0.25) is 0 Å². The Labute approximate surface area is 108 Å².